The number of carbonyl (C=O) groups excluding carboxylic acids is 1. The van der Waals surface area contributed by atoms with Gasteiger partial charge in [0.15, 0.2) is 5.13 Å². The maximum Gasteiger partial charge on any atom is 0.323 e. The number of aromatic nitrogens is 1. The normalized spacial score (nSPS) is 20.0. The first-order chi connectivity index (χ1) is 11.8. The van der Waals surface area contributed by atoms with E-state index in [2.05, 4.69) is 34.6 Å². The molecule has 1 saturated heterocycles. The Kier molecular flexibility index (Phi) is 4.49. The summed E-state index contributed by atoms with van der Waals surface area (Å²) < 4.78 is 5.44. The summed E-state index contributed by atoms with van der Waals surface area (Å²) in [6, 6.07) is 10.6. The van der Waals surface area contributed by atoms with Crippen molar-refractivity contribution in [2.75, 3.05) is 18.5 Å². The minimum Gasteiger partial charge on any atom is -0.375 e. The van der Waals surface area contributed by atoms with Crippen LogP contribution in [0.4, 0.5) is 9.93 Å². The van der Waals surface area contributed by atoms with E-state index in [0.717, 1.165) is 49.4 Å². The van der Waals surface area contributed by atoms with Crippen molar-refractivity contribution < 1.29 is 9.53 Å². The predicted molar refractivity (Wildman–Crippen MR) is 94.4 cm³/mol. The Hall–Kier alpha value is -1.92. The van der Waals surface area contributed by atoms with E-state index < -0.39 is 0 Å². The molecule has 1 atom stereocenters. The average Bonchev–Trinajstić information content (AvgIpc) is 3.21. The van der Waals surface area contributed by atoms with Crippen molar-refractivity contribution in [3.63, 3.8) is 0 Å². The molecule has 0 bridgehead atoms. The lowest BCUT2D eigenvalue weighted by Gasteiger charge is -2.24. The first-order valence-corrected chi connectivity index (χ1v) is 9.29. The summed E-state index contributed by atoms with van der Waals surface area (Å²) >= 11 is 1.53. The first-order valence-electron chi connectivity index (χ1n) is 8.47. The van der Waals surface area contributed by atoms with Gasteiger partial charge in [0.05, 0.1) is 23.8 Å². The maximum absolute atomic E-state index is 12.7. The van der Waals surface area contributed by atoms with Gasteiger partial charge in [-0.1, -0.05) is 41.7 Å². The number of ether oxygens (including phenoxy) is 1. The number of hydrogen-bond donors (Lipinski definition) is 1. The van der Waals surface area contributed by atoms with Gasteiger partial charge in [0.1, 0.15) is 0 Å². The molecule has 3 heterocycles. The van der Waals surface area contributed by atoms with Crippen molar-refractivity contribution in [1.82, 2.24) is 9.88 Å². The standard InChI is InChI=1S/C18H21N3O2S/c22-18(20-17-19-15-8-10-23-12-16(15)24-17)21-9-4-7-14(21)11-13-5-2-1-3-6-13/h1-3,5-6,14H,4,7-12H2,(H,19,20,22). The van der Waals surface area contributed by atoms with Gasteiger partial charge in [-0.2, -0.15) is 0 Å². The fourth-order valence-electron chi connectivity index (χ4n) is 3.44. The van der Waals surface area contributed by atoms with Crippen molar-refractivity contribution in [2.45, 2.75) is 38.3 Å². The molecule has 1 aromatic heterocycles. The van der Waals surface area contributed by atoms with E-state index in [0.29, 0.717) is 11.7 Å². The van der Waals surface area contributed by atoms with Gasteiger partial charge >= 0.3 is 6.03 Å². The van der Waals surface area contributed by atoms with E-state index in [1.54, 1.807) is 0 Å². The number of thiazole rings is 1. The smallest absolute Gasteiger partial charge is 0.323 e. The number of nitrogens with zero attached hydrogens (tertiary/aromatic N) is 2. The van der Waals surface area contributed by atoms with E-state index in [4.69, 9.17) is 4.74 Å². The third-order valence-corrected chi connectivity index (χ3v) is 5.65. The quantitative estimate of drug-likeness (QED) is 0.929. The molecule has 5 nitrogen and oxygen atoms in total. The highest BCUT2D eigenvalue weighted by Crippen LogP contribution is 2.28. The number of urea groups is 1. The monoisotopic (exact) mass is 343 g/mol. The number of likely N-dealkylation sites (tertiary alicyclic amines) is 1. The molecule has 4 rings (SSSR count). The average molecular weight is 343 g/mol. The van der Waals surface area contributed by atoms with Crippen LogP contribution in [0.15, 0.2) is 30.3 Å². The number of carbonyl (C=O) groups is 1. The second kappa shape index (κ2) is 6.91. The Balaban J connectivity index is 1.42. The molecular formula is C18H21N3O2S. The number of nitrogens with one attached hydrogen (secondary N) is 1. The molecule has 0 saturated carbocycles. The molecule has 1 aromatic carbocycles. The summed E-state index contributed by atoms with van der Waals surface area (Å²) in [5.74, 6) is 0. The third-order valence-electron chi connectivity index (χ3n) is 4.66. The summed E-state index contributed by atoms with van der Waals surface area (Å²) in [5, 5.41) is 3.69. The zero-order valence-corrected chi connectivity index (χ0v) is 14.3. The molecule has 2 aromatic rings. The summed E-state index contributed by atoms with van der Waals surface area (Å²) in [7, 11) is 0. The van der Waals surface area contributed by atoms with Crippen LogP contribution in [0.2, 0.25) is 0 Å². The number of amides is 2. The summed E-state index contributed by atoms with van der Waals surface area (Å²) in [4.78, 5) is 20.3. The van der Waals surface area contributed by atoms with Crippen molar-refractivity contribution in [1.29, 1.82) is 0 Å². The van der Waals surface area contributed by atoms with Crippen LogP contribution in [-0.4, -0.2) is 35.1 Å². The van der Waals surface area contributed by atoms with E-state index in [-0.39, 0.29) is 12.1 Å². The summed E-state index contributed by atoms with van der Waals surface area (Å²) in [5.41, 5.74) is 2.35. The van der Waals surface area contributed by atoms with Crippen LogP contribution in [0.3, 0.4) is 0 Å². The predicted octanol–water partition coefficient (Wildman–Crippen LogP) is 3.45. The van der Waals surface area contributed by atoms with Crippen LogP contribution in [-0.2, 0) is 24.2 Å². The zero-order valence-electron chi connectivity index (χ0n) is 13.5. The Morgan fingerprint density at radius 1 is 1.38 bits per heavy atom. The molecule has 24 heavy (non-hydrogen) atoms. The summed E-state index contributed by atoms with van der Waals surface area (Å²) in [6.45, 7) is 2.15. The van der Waals surface area contributed by atoms with Crippen LogP contribution >= 0.6 is 11.3 Å². The molecule has 6 heteroatoms. The number of rotatable bonds is 3. The van der Waals surface area contributed by atoms with Crippen LogP contribution in [0.25, 0.3) is 0 Å². The molecule has 126 valence electrons. The molecular weight excluding hydrogens is 322 g/mol. The minimum atomic E-state index is -0.0274. The van der Waals surface area contributed by atoms with Crippen LogP contribution in [0, 0.1) is 0 Å². The minimum absolute atomic E-state index is 0.0274. The molecule has 0 aliphatic carbocycles. The lowest BCUT2D eigenvalue weighted by Crippen LogP contribution is -2.39. The van der Waals surface area contributed by atoms with Gasteiger partial charge < -0.3 is 9.64 Å². The number of benzene rings is 1. The van der Waals surface area contributed by atoms with Gasteiger partial charge in [-0.3, -0.25) is 5.32 Å². The SMILES string of the molecule is O=C(Nc1nc2c(s1)COCC2)N1CCCC1Cc1ccccc1. The van der Waals surface area contributed by atoms with Crippen molar-refractivity contribution >= 4 is 22.5 Å². The molecule has 0 spiro atoms. The van der Waals surface area contributed by atoms with E-state index in [1.807, 2.05) is 11.0 Å². The van der Waals surface area contributed by atoms with Gasteiger partial charge in [0, 0.05) is 19.0 Å². The highest BCUT2D eigenvalue weighted by Gasteiger charge is 2.29. The molecule has 2 amide bonds. The number of hydrogen-bond acceptors (Lipinski definition) is 4. The zero-order chi connectivity index (χ0) is 16.4. The van der Waals surface area contributed by atoms with Gasteiger partial charge in [0.2, 0.25) is 0 Å². The van der Waals surface area contributed by atoms with Crippen molar-refractivity contribution in [2.24, 2.45) is 0 Å². The first kappa shape index (κ1) is 15.6. The van der Waals surface area contributed by atoms with E-state index in [9.17, 15) is 4.79 Å². The van der Waals surface area contributed by atoms with Gasteiger partial charge in [-0.25, -0.2) is 9.78 Å². The van der Waals surface area contributed by atoms with Gasteiger partial charge in [-0.05, 0) is 24.8 Å². The fraction of sp³-hybridized carbons (Fsp3) is 0.444. The van der Waals surface area contributed by atoms with E-state index >= 15 is 0 Å². The molecule has 2 aliphatic rings. The van der Waals surface area contributed by atoms with Crippen molar-refractivity contribution in [3.05, 3.63) is 46.5 Å². The second-order valence-electron chi connectivity index (χ2n) is 6.30. The van der Waals surface area contributed by atoms with Gasteiger partial charge in [0.25, 0.3) is 0 Å². The van der Waals surface area contributed by atoms with Crippen LogP contribution in [0.5, 0.6) is 0 Å². The van der Waals surface area contributed by atoms with E-state index in [1.165, 1.54) is 16.9 Å². The maximum atomic E-state index is 12.7. The molecule has 2 aliphatic heterocycles. The van der Waals surface area contributed by atoms with Gasteiger partial charge in [-0.15, -0.1) is 0 Å². The Bertz CT molecular complexity index is 693. The van der Waals surface area contributed by atoms with Crippen LogP contribution < -0.4 is 5.32 Å². The molecule has 1 N–H and O–H groups in total. The van der Waals surface area contributed by atoms with Crippen LogP contribution in [0.1, 0.15) is 29.0 Å². The topological polar surface area (TPSA) is 54.5 Å². The Morgan fingerprint density at radius 3 is 3.08 bits per heavy atom. The van der Waals surface area contributed by atoms with Crippen molar-refractivity contribution in [3.8, 4) is 0 Å². The third kappa shape index (κ3) is 3.30. The fourth-order valence-corrected chi connectivity index (χ4v) is 4.38. The number of fused-ring (bicyclic) bond motifs is 1. The largest absolute Gasteiger partial charge is 0.375 e. The second-order valence-corrected chi connectivity index (χ2v) is 7.38. The number of anilines is 1. The molecule has 1 unspecified atom stereocenters. The lowest BCUT2D eigenvalue weighted by atomic mass is 10.0. The lowest BCUT2D eigenvalue weighted by molar-refractivity contribution is 0.112. The highest BCUT2D eigenvalue weighted by molar-refractivity contribution is 7.15. The molecule has 0 radical (unpaired) electrons. The molecule has 1 fully saturated rings. The summed E-state index contributed by atoms with van der Waals surface area (Å²) in [6.07, 6.45) is 3.87. The Morgan fingerprint density at radius 2 is 2.25 bits per heavy atom. The Labute approximate surface area is 145 Å². The highest BCUT2D eigenvalue weighted by atomic mass is 32.1.